The minimum Gasteiger partial charge on any atom is -0.465 e. The second-order valence-electron chi connectivity index (χ2n) is 6.95. The molecule has 0 aliphatic carbocycles. The van der Waals surface area contributed by atoms with Gasteiger partial charge in [0.05, 0.1) is 16.6 Å². The Balaban J connectivity index is 1.64. The van der Waals surface area contributed by atoms with Gasteiger partial charge < -0.3 is 15.4 Å². The molecule has 154 valence electrons. The Morgan fingerprint density at radius 3 is 2.42 bits per heavy atom. The summed E-state index contributed by atoms with van der Waals surface area (Å²) in [5.74, 6) is -0.658. The molecule has 0 aliphatic rings. The van der Waals surface area contributed by atoms with Crippen LogP contribution in [-0.4, -0.2) is 32.9 Å². The van der Waals surface area contributed by atoms with Crippen molar-refractivity contribution in [3.63, 3.8) is 0 Å². The number of aryl methyl sites for hydroxylation is 1. The minimum absolute atomic E-state index is 0.0602. The summed E-state index contributed by atoms with van der Waals surface area (Å²) in [4.78, 5) is 43.8. The van der Waals surface area contributed by atoms with Gasteiger partial charge >= 0.3 is 6.09 Å². The van der Waals surface area contributed by atoms with Gasteiger partial charge in [0.15, 0.2) is 5.78 Å². The summed E-state index contributed by atoms with van der Waals surface area (Å²) in [6.45, 7) is 1.93. The van der Waals surface area contributed by atoms with Gasteiger partial charge in [0, 0.05) is 16.8 Å². The van der Waals surface area contributed by atoms with E-state index >= 15 is 0 Å². The third kappa shape index (κ3) is 4.27. The monoisotopic (exact) mass is 414 g/mol. The molecule has 0 spiro atoms. The van der Waals surface area contributed by atoms with E-state index in [9.17, 15) is 14.4 Å². The van der Waals surface area contributed by atoms with Crippen LogP contribution in [0.4, 0.5) is 16.4 Å². The molecule has 0 atom stereocenters. The highest BCUT2D eigenvalue weighted by atomic mass is 16.4. The van der Waals surface area contributed by atoms with Gasteiger partial charge in [-0.1, -0.05) is 30.3 Å². The van der Waals surface area contributed by atoms with Crippen molar-refractivity contribution < 1.29 is 19.5 Å². The number of anilines is 2. The van der Waals surface area contributed by atoms with Crippen LogP contribution < -0.4 is 10.6 Å². The first-order chi connectivity index (χ1) is 14.9. The van der Waals surface area contributed by atoms with Crippen molar-refractivity contribution in [3.8, 4) is 0 Å². The summed E-state index contributed by atoms with van der Waals surface area (Å²) in [6, 6.07) is 18.8. The number of aromatic amines is 1. The third-order valence-corrected chi connectivity index (χ3v) is 4.66. The predicted octanol–water partition coefficient (Wildman–Crippen LogP) is 4.44. The first-order valence-corrected chi connectivity index (χ1v) is 9.42. The zero-order valence-corrected chi connectivity index (χ0v) is 16.5. The average Bonchev–Trinajstić information content (AvgIpc) is 3.13. The van der Waals surface area contributed by atoms with E-state index in [2.05, 4.69) is 20.6 Å². The first-order valence-electron chi connectivity index (χ1n) is 9.42. The summed E-state index contributed by atoms with van der Waals surface area (Å²) in [7, 11) is 0. The van der Waals surface area contributed by atoms with Crippen LogP contribution in [0.2, 0.25) is 0 Å². The Morgan fingerprint density at radius 2 is 1.68 bits per heavy atom. The molecular formula is C23H18N4O4. The van der Waals surface area contributed by atoms with Crippen LogP contribution in [0, 0.1) is 6.92 Å². The Hall–Kier alpha value is -4.46. The molecule has 4 aromatic rings. The number of rotatable bonds is 5. The van der Waals surface area contributed by atoms with Gasteiger partial charge in [0.25, 0.3) is 5.91 Å². The lowest BCUT2D eigenvalue weighted by atomic mass is 9.97. The summed E-state index contributed by atoms with van der Waals surface area (Å²) in [5, 5.41) is 13.8. The number of amides is 2. The standard InChI is InChI=1S/C23H18N4O4/c1-13-5-4-6-15(11-13)24-21(29)17-8-3-2-7-16(17)20(28)14-9-10-18-19(12-14)26-22(25-18)27-23(30)31/h2-12H,1H3,(H,24,29)(H,30,31)(H2,25,26,27). The molecule has 0 saturated heterocycles. The van der Waals surface area contributed by atoms with Crippen LogP contribution in [0.1, 0.15) is 31.8 Å². The molecule has 31 heavy (non-hydrogen) atoms. The number of hydrogen-bond acceptors (Lipinski definition) is 4. The van der Waals surface area contributed by atoms with Gasteiger partial charge in [-0.2, -0.15) is 0 Å². The number of aromatic nitrogens is 2. The molecule has 0 unspecified atom stereocenters. The van der Waals surface area contributed by atoms with Crippen LogP contribution in [0.15, 0.2) is 66.7 Å². The third-order valence-electron chi connectivity index (χ3n) is 4.66. The summed E-state index contributed by atoms with van der Waals surface area (Å²) < 4.78 is 0. The van der Waals surface area contributed by atoms with E-state index in [0.717, 1.165) is 5.56 Å². The maximum atomic E-state index is 13.2. The Labute approximate surface area is 176 Å². The lowest BCUT2D eigenvalue weighted by molar-refractivity contribution is 0.0996. The maximum Gasteiger partial charge on any atom is 0.411 e. The SMILES string of the molecule is Cc1cccc(NC(=O)c2ccccc2C(=O)c2ccc3nc(NC(=O)O)[nH]c3c2)c1. The zero-order chi connectivity index (χ0) is 22.0. The molecule has 1 heterocycles. The summed E-state index contributed by atoms with van der Waals surface area (Å²) in [5.41, 5.74) is 3.51. The summed E-state index contributed by atoms with van der Waals surface area (Å²) in [6.07, 6.45) is -1.25. The van der Waals surface area contributed by atoms with Crippen molar-refractivity contribution in [2.45, 2.75) is 6.92 Å². The second-order valence-corrected chi connectivity index (χ2v) is 6.95. The van der Waals surface area contributed by atoms with Crippen molar-refractivity contribution in [3.05, 3.63) is 89.0 Å². The van der Waals surface area contributed by atoms with Gasteiger partial charge in [-0.15, -0.1) is 0 Å². The Bertz CT molecular complexity index is 1330. The average molecular weight is 414 g/mol. The zero-order valence-electron chi connectivity index (χ0n) is 16.5. The van der Waals surface area contributed by atoms with Crippen molar-refractivity contribution in [1.82, 2.24) is 9.97 Å². The number of H-pyrrole nitrogens is 1. The van der Waals surface area contributed by atoms with E-state index in [-0.39, 0.29) is 28.8 Å². The fourth-order valence-corrected chi connectivity index (χ4v) is 3.27. The van der Waals surface area contributed by atoms with Crippen LogP contribution >= 0.6 is 0 Å². The first kappa shape index (κ1) is 19.8. The van der Waals surface area contributed by atoms with Crippen LogP contribution in [0.3, 0.4) is 0 Å². The minimum atomic E-state index is -1.25. The highest BCUT2D eigenvalue weighted by molar-refractivity contribution is 6.18. The number of carbonyl (C=O) groups excluding carboxylic acids is 2. The normalized spacial score (nSPS) is 10.6. The largest absolute Gasteiger partial charge is 0.465 e. The van der Waals surface area contributed by atoms with Gasteiger partial charge in [0.2, 0.25) is 5.95 Å². The number of imidazole rings is 1. The maximum absolute atomic E-state index is 13.2. The topological polar surface area (TPSA) is 124 Å². The molecular weight excluding hydrogens is 396 g/mol. The van der Waals surface area contributed by atoms with Crippen LogP contribution in [0.25, 0.3) is 11.0 Å². The van der Waals surface area contributed by atoms with E-state index in [1.165, 1.54) is 0 Å². The quantitative estimate of drug-likeness (QED) is 0.359. The molecule has 3 aromatic carbocycles. The number of hydrogen-bond donors (Lipinski definition) is 4. The molecule has 2 amide bonds. The number of nitrogens with zero attached hydrogens (tertiary/aromatic N) is 1. The molecule has 0 saturated carbocycles. The number of fused-ring (bicyclic) bond motifs is 1. The lowest BCUT2D eigenvalue weighted by Gasteiger charge is -2.10. The fraction of sp³-hybridized carbons (Fsp3) is 0.0435. The second kappa shape index (κ2) is 8.11. The lowest BCUT2D eigenvalue weighted by Crippen LogP contribution is -2.17. The molecule has 0 fully saturated rings. The fourth-order valence-electron chi connectivity index (χ4n) is 3.27. The molecule has 0 aliphatic heterocycles. The van der Waals surface area contributed by atoms with Crippen molar-refractivity contribution in [1.29, 1.82) is 0 Å². The highest BCUT2D eigenvalue weighted by Gasteiger charge is 2.19. The van der Waals surface area contributed by atoms with Crippen molar-refractivity contribution >= 4 is 40.5 Å². The van der Waals surface area contributed by atoms with E-state index in [4.69, 9.17) is 5.11 Å². The smallest absolute Gasteiger partial charge is 0.411 e. The Kier molecular flexibility index (Phi) is 5.19. The van der Waals surface area contributed by atoms with Gasteiger partial charge in [-0.05, 0) is 48.9 Å². The van der Waals surface area contributed by atoms with E-state index < -0.39 is 6.09 Å². The van der Waals surface area contributed by atoms with Crippen LogP contribution in [0.5, 0.6) is 0 Å². The summed E-state index contributed by atoms with van der Waals surface area (Å²) >= 11 is 0. The molecule has 1 aromatic heterocycles. The van der Waals surface area contributed by atoms with Crippen molar-refractivity contribution in [2.24, 2.45) is 0 Å². The van der Waals surface area contributed by atoms with Gasteiger partial charge in [-0.25, -0.2) is 9.78 Å². The highest BCUT2D eigenvalue weighted by Crippen LogP contribution is 2.21. The number of carboxylic acid groups (broad SMARTS) is 1. The van der Waals surface area contributed by atoms with E-state index in [1.54, 1.807) is 48.5 Å². The van der Waals surface area contributed by atoms with Crippen molar-refractivity contribution in [2.75, 3.05) is 10.6 Å². The molecule has 0 bridgehead atoms. The number of nitrogens with one attached hydrogen (secondary N) is 3. The van der Waals surface area contributed by atoms with Gasteiger partial charge in [-0.3, -0.25) is 14.9 Å². The predicted molar refractivity (Wildman–Crippen MR) is 117 cm³/mol. The number of ketones is 1. The Morgan fingerprint density at radius 1 is 0.903 bits per heavy atom. The number of benzene rings is 3. The molecule has 8 nitrogen and oxygen atoms in total. The number of carbonyl (C=O) groups is 3. The van der Waals surface area contributed by atoms with E-state index in [1.807, 2.05) is 25.1 Å². The van der Waals surface area contributed by atoms with E-state index in [0.29, 0.717) is 22.3 Å². The molecule has 0 radical (unpaired) electrons. The van der Waals surface area contributed by atoms with Gasteiger partial charge in [0.1, 0.15) is 0 Å². The molecule has 4 rings (SSSR count). The molecule has 4 N–H and O–H groups in total. The molecule has 8 heteroatoms. The van der Waals surface area contributed by atoms with Crippen LogP contribution in [-0.2, 0) is 0 Å².